The van der Waals surface area contributed by atoms with Gasteiger partial charge in [-0.3, -0.25) is 0 Å². The van der Waals surface area contributed by atoms with Crippen molar-refractivity contribution in [2.45, 2.75) is 0 Å². The van der Waals surface area contributed by atoms with Gasteiger partial charge in [-0.2, -0.15) is 0 Å². The van der Waals surface area contributed by atoms with Gasteiger partial charge in [0.1, 0.15) is 0 Å². The lowest BCUT2D eigenvalue weighted by Crippen LogP contribution is -2.01. The van der Waals surface area contributed by atoms with E-state index in [2.05, 4.69) is 168 Å². The zero-order chi connectivity index (χ0) is 39.1. The van der Waals surface area contributed by atoms with Crippen molar-refractivity contribution in [2.24, 2.45) is 0 Å². The minimum atomic E-state index is 0.636. The van der Waals surface area contributed by atoms with Crippen LogP contribution in [0.3, 0.4) is 0 Å². The van der Waals surface area contributed by atoms with Crippen LogP contribution in [0.25, 0.3) is 136 Å². The molecule has 0 N–H and O–H groups in total. The molecule has 0 aliphatic rings. The van der Waals surface area contributed by atoms with E-state index < -0.39 is 0 Å². The van der Waals surface area contributed by atoms with Crippen molar-refractivity contribution < 1.29 is 0 Å². The number of hydrogen-bond acceptors (Lipinski definition) is 4. The third-order valence-electron chi connectivity index (χ3n) is 12.7. The van der Waals surface area contributed by atoms with Crippen molar-refractivity contribution in [3.63, 3.8) is 0 Å². The second-order valence-electron chi connectivity index (χ2n) is 15.9. The first-order valence-electron chi connectivity index (χ1n) is 20.4. The van der Waals surface area contributed by atoms with Gasteiger partial charge in [-0.15, -0.1) is 11.3 Å². The zero-order valence-corrected chi connectivity index (χ0v) is 32.8. The first-order chi connectivity index (χ1) is 29.7. The molecule has 276 valence electrons. The summed E-state index contributed by atoms with van der Waals surface area (Å²) >= 11 is 1.82. The van der Waals surface area contributed by atoms with Crippen molar-refractivity contribution >= 4 is 107 Å². The molecule has 0 saturated heterocycles. The van der Waals surface area contributed by atoms with Gasteiger partial charge in [0, 0.05) is 58.7 Å². The van der Waals surface area contributed by atoms with Gasteiger partial charge in [0.05, 0.1) is 11.0 Å². The van der Waals surface area contributed by atoms with Crippen molar-refractivity contribution in [1.29, 1.82) is 0 Å². The molecular formula is C55H30N4S. The van der Waals surface area contributed by atoms with Crippen molar-refractivity contribution in [3.8, 4) is 39.9 Å². The molecule has 0 unspecified atom stereocenters. The third kappa shape index (κ3) is 4.36. The van der Waals surface area contributed by atoms with Crippen molar-refractivity contribution in [2.75, 3.05) is 0 Å². The summed E-state index contributed by atoms with van der Waals surface area (Å²) in [6.45, 7) is 0. The number of rotatable bonds is 4. The van der Waals surface area contributed by atoms with Gasteiger partial charge in [-0.05, 0) is 97.0 Å². The molecule has 0 saturated carbocycles. The Kier molecular flexibility index (Phi) is 6.41. The first kappa shape index (κ1) is 32.3. The number of nitrogens with zero attached hydrogens (tertiary/aromatic N) is 4. The highest BCUT2D eigenvalue weighted by molar-refractivity contribution is 7.25. The monoisotopic (exact) mass is 778 g/mol. The van der Waals surface area contributed by atoms with E-state index in [1.54, 1.807) is 0 Å². The number of benzene rings is 9. The van der Waals surface area contributed by atoms with E-state index in [-0.39, 0.29) is 0 Å². The van der Waals surface area contributed by atoms with E-state index >= 15 is 0 Å². The molecule has 0 spiro atoms. The van der Waals surface area contributed by atoms with Crippen molar-refractivity contribution in [3.05, 3.63) is 182 Å². The average Bonchev–Trinajstić information content (AvgIpc) is 3.94. The lowest BCUT2D eigenvalue weighted by molar-refractivity contribution is 1.07. The molecule has 60 heavy (non-hydrogen) atoms. The molecule has 14 aromatic rings. The topological polar surface area (TPSA) is 43.6 Å². The quantitative estimate of drug-likeness (QED) is 0.179. The summed E-state index contributed by atoms with van der Waals surface area (Å²) in [7, 11) is 0. The highest BCUT2D eigenvalue weighted by Crippen LogP contribution is 2.50. The number of thiophene rings is 1. The highest BCUT2D eigenvalue weighted by atomic mass is 32.1. The average molecular weight is 779 g/mol. The molecule has 4 nitrogen and oxygen atoms in total. The largest absolute Gasteiger partial charge is 0.309 e. The second kappa shape index (κ2) is 11.9. The number of aromatic nitrogens is 4. The maximum atomic E-state index is 5.25. The van der Waals surface area contributed by atoms with E-state index in [0.717, 1.165) is 22.4 Å². The predicted octanol–water partition coefficient (Wildman–Crippen LogP) is 15.0. The molecule has 11 aromatic carbocycles. The van der Waals surface area contributed by atoms with Gasteiger partial charge in [0.25, 0.3) is 0 Å². The molecule has 0 radical (unpaired) electrons. The molecule has 0 aliphatic heterocycles. The minimum absolute atomic E-state index is 0.636. The Bertz CT molecular complexity index is 4070. The van der Waals surface area contributed by atoms with Crippen LogP contribution >= 0.6 is 11.3 Å². The van der Waals surface area contributed by atoms with Crippen LogP contribution in [0.1, 0.15) is 0 Å². The molecule has 3 aromatic heterocycles. The summed E-state index contributed by atoms with van der Waals surface area (Å²) in [6, 6.07) is 65.9. The maximum absolute atomic E-state index is 5.25. The van der Waals surface area contributed by atoms with Crippen LogP contribution in [-0.4, -0.2) is 19.5 Å². The normalized spacial score (nSPS) is 12.3. The smallest absolute Gasteiger partial charge is 0.164 e. The van der Waals surface area contributed by atoms with E-state index in [9.17, 15) is 0 Å². The van der Waals surface area contributed by atoms with Gasteiger partial charge < -0.3 is 4.57 Å². The van der Waals surface area contributed by atoms with Gasteiger partial charge in [-0.25, -0.2) is 15.0 Å². The minimum Gasteiger partial charge on any atom is -0.309 e. The Morgan fingerprint density at radius 2 is 0.850 bits per heavy atom. The van der Waals surface area contributed by atoms with Crippen LogP contribution in [0.4, 0.5) is 0 Å². The first-order valence-corrected chi connectivity index (χ1v) is 21.2. The molecule has 0 amide bonds. The Morgan fingerprint density at radius 1 is 0.300 bits per heavy atom. The fraction of sp³-hybridized carbons (Fsp3) is 0. The van der Waals surface area contributed by atoms with Gasteiger partial charge in [-0.1, -0.05) is 133 Å². The van der Waals surface area contributed by atoms with Crippen molar-refractivity contribution in [1.82, 2.24) is 19.5 Å². The SMILES string of the molecule is c1ccc(-c2nc(-c3cccc(-n4c5cccc6c7ccccc7c7ccc8c9ccccc9c9cc4c(c7c89)c65)c3)nc(-c3ccc4sc5ccccc5c4c3)n2)cc1. The zero-order valence-electron chi connectivity index (χ0n) is 32.0. The lowest BCUT2D eigenvalue weighted by atomic mass is 9.97. The summed E-state index contributed by atoms with van der Waals surface area (Å²) in [4.78, 5) is 15.5. The third-order valence-corrected chi connectivity index (χ3v) is 13.9. The standard InChI is InChI=1S/C55H30N4S/c1-2-12-31(13-3-1)53-56-54(58-55(57-53)33-24-27-48-43(29-33)39-20-8-9-23-47(39)60-48)32-14-10-15-34(28-32)59-45-22-11-21-40-35-16-4-5-17-36(35)42-26-25-41-37-18-6-7-19-38(37)44-30-46(59)52(50(40)45)51(42)49(41)44/h1-30H. The number of fused-ring (bicyclic) bond motifs is 9. The van der Waals surface area contributed by atoms with Crippen LogP contribution in [-0.2, 0) is 0 Å². The van der Waals surface area contributed by atoms with E-state index in [1.807, 2.05) is 29.5 Å². The summed E-state index contributed by atoms with van der Waals surface area (Å²) in [6.07, 6.45) is 0. The second-order valence-corrected chi connectivity index (χ2v) is 17.0. The van der Waals surface area contributed by atoms with E-state index in [0.29, 0.717) is 17.5 Å². The van der Waals surface area contributed by atoms with Crippen LogP contribution in [0.5, 0.6) is 0 Å². The Morgan fingerprint density at radius 3 is 1.60 bits per heavy atom. The summed E-state index contributed by atoms with van der Waals surface area (Å²) < 4.78 is 4.99. The molecule has 0 fully saturated rings. The Balaban J connectivity index is 1.05. The molecule has 0 atom stereocenters. The molecular weight excluding hydrogens is 749 g/mol. The molecule has 14 rings (SSSR count). The van der Waals surface area contributed by atoms with Gasteiger partial charge in [0.15, 0.2) is 17.5 Å². The van der Waals surface area contributed by atoms with Crippen LogP contribution in [0, 0.1) is 0 Å². The fourth-order valence-electron chi connectivity index (χ4n) is 10.2. The van der Waals surface area contributed by atoms with Gasteiger partial charge in [0.2, 0.25) is 0 Å². The molecule has 3 heterocycles. The van der Waals surface area contributed by atoms with Gasteiger partial charge >= 0.3 is 0 Å². The van der Waals surface area contributed by atoms with Crippen LogP contribution < -0.4 is 0 Å². The summed E-state index contributed by atoms with van der Waals surface area (Å²) in [5, 5.41) is 18.0. The Labute approximate surface area is 346 Å². The predicted molar refractivity (Wildman–Crippen MR) is 253 cm³/mol. The molecule has 5 heteroatoms. The Hall–Kier alpha value is -7.73. The molecule has 0 aliphatic carbocycles. The van der Waals surface area contributed by atoms with Crippen LogP contribution in [0.15, 0.2) is 182 Å². The maximum Gasteiger partial charge on any atom is 0.164 e. The fourth-order valence-corrected chi connectivity index (χ4v) is 11.3. The number of hydrogen-bond donors (Lipinski definition) is 0. The molecule has 0 bridgehead atoms. The van der Waals surface area contributed by atoms with Crippen LogP contribution in [0.2, 0.25) is 0 Å². The lowest BCUT2D eigenvalue weighted by Gasteiger charge is -2.13. The van der Waals surface area contributed by atoms with E-state index in [1.165, 1.54) is 95.8 Å². The summed E-state index contributed by atoms with van der Waals surface area (Å²) in [5.74, 6) is 1.94. The summed E-state index contributed by atoms with van der Waals surface area (Å²) in [5.41, 5.74) is 6.27. The highest BCUT2D eigenvalue weighted by Gasteiger charge is 2.25. The van der Waals surface area contributed by atoms with E-state index in [4.69, 9.17) is 15.0 Å².